The minimum Gasteiger partial charge on any atom is -0.373 e. The quantitative estimate of drug-likeness (QED) is 0.431. The summed E-state index contributed by atoms with van der Waals surface area (Å²) >= 11 is 12.4. The van der Waals surface area contributed by atoms with E-state index in [-0.39, 0.29) is 18.8 Å². The molecular weight excluding hydrogens is 450 g/mol. The summed E-state index contributed by atoms with van der Waals surface area (Å²) in [6, 6.07) is 9.71. The van der Waals surface area contributed by atoms with Gasteiger partial charge in [0.25, 0.3) is 0 Å². The monoisotopic (exact) mass is 474 g/mol. The van der Waals surface area contributed by atoms with Crippen LogP contribution in [-0.2, 0) is 24.0 Å². The molecule has 0 spiro atoms. The predicted molar refractivity (Wildman–Crippen MR) is 126 cm³/mol. The van der Waals surface area contributed by atoms with Gasteiger partial charge in [-0.2, -0.15) is 0 Å². The number of rotatable bonds is 8. The fourth-order valence-corrected chi connectivity index (χ4v) is 4.59. The molecule has 0 amide bonds. The fraction of sp³-hybridized carbons (Fsp3) is 0.375. The van der Waals surface area contributed by atoms with Crippen LogP contribution in [0.5, 0.6) is 0 Å². The Morgan fingerprint density at radius 1 is 1.09 bits per heavy atom. The van der Waals surface area contributed by atoms with Gasteiger partial charge >= 0.3 is 0 Å². The molecule has 4 rings (SSSR count). The van der Waals surface area contributed by atoms with E-state index in [2.05, 4.69) is 22.4 Å². The predicted octanol–water partition coefficient (Wildman–Crippen LogP) is 6.03. The van der Waals surface area contributed by atoms with Gasteiger partial charge in [-0.25, -0.2) is 14.4 Å². The Kier molecular flexibility index (Phi) is 7.23. The Labute approximate surface area is 197 Å². The number of aromatic nitrogens is 3. The van der Waals surface area contributed by atoms with Crippen molar-refractivity contribution < 1.29 is 9.13 Å². The van der Waals surface area contributed by atoms with Crippen molar-refractivity contribution in [1.82, 2.24) is 15.0 Å². The number of fused-ring (bicyclic) bond motifs is 1. The summed E-state index contributed by atoms with van der Waals surface area (Å²) in [4.78, 5) is 14.2. The molecule has 2 atom stereocenters. The number of nitrogens with zero attached hydrogens (tertiary/aromatic N) is 3. The minimum absolute atomic E-state index is 0.0725. The average molecular weight is 475 g/mol. The number of anilines is 1. The lowest BCUT2D eigenvalue weighted by Crippen LogP contribution is -2.27. The summed E-state index contributed by atoms with van der Waals surface area (Å²) < 4.78 is 18.7. The van der Waals surface area contributed by atoms with Crippen molar-refractivity contribution in [1.29, 1.82) is 0 Å². The number of hydrogen-bond donors (Lipinski definition) is 1. The molecule has 2 unspecified atom stereocenters. The smallest absolute Gasteiger partial charge is 0.148 e. The highest BCUT2D eigenvalue weighted by molar-refractivity contribution is 6.36. The zero-order valence-corrected chi connectivity index (χ0v) is 19.5. The van der Waals surface area contributed by atoms with Crippen molar-refractivity contribution in [2.24, 2.45) is 0 Å². The summed E-state index contributed by atoms with van der Waals surface area (Å²) in [6.07, 6.45) is 3.44. The number of halogens is 3. The van der Waals surface area contributed by atoms with Gasteiger partial charge in [0.1, 0.15) is 23.9 Å². The summed E-state index contributed by atoms with van der Waals surface area (Å²) in [7, 11) is 0. The lowest BCUT2D eigenvalue weighted by atomic mass is 10.1. The van der Waals surface area contributed by atoms with Crippen molar-refractivity contribution in [2.75, 3.05) is 18.6 Å². The van der Waals surface area contributed by atoms with E-state index in [0.717, 1.165) is 23.4 Å². The molecule has 0 aliphatic heterocycles. The van der Waals surface area contributed by atoms with E-state index in [9.17, 15) is 4.39 Å². The molecule has 168 valence electrons. The van der Waals surface area contributed by atoms with Crippen LogP contribution in [0.15, 0.2) is 36.5 Å². The minimum atomic E-state index is -0.511. The number of benzene rings is 1. The highest BCUT2D eigenvalue weighted by Crippen LogP contribution is 2.37. The second kappa shape index (κ2) is 10.1. The van der Waals surface area contributed by atoms with Gasteiger partial charge < -0.3 is 10.1 Å². The van der Waals surface area contributed by atoms with Gasteiger partial charge in [-0.05, 0) is 30.0 Å². The first-order valence-electron chi connectivity index (χ1n) is 10.8. The Morgan fingerprint density at radius 2 is 1.88 bits per heavy atom. The van der Waals surface area contributed by atoms with Gasteiger partial charge in [0.15, 0.2) is 0 Å². The third-order valence-electron chi connectivity index (χ3n) is 5.63. The Hall–Kier alpha value is -2.28. The molecule has 32 heavy (non-hydrogen) atoms. The zero-order chi connectivity index (χ0) is 22.7. The fourth-order valence-electron chi connectivity index (χ4n) is 4.12. The van der Waals surface area contributed by atoms with Crippen LogP contribution in [-0.4, -0.2) is 34.3 Å². The van der Waals surface area contributed by atoms with Crippen LogP contribution < -0.4 is 5.32 Å². The molecule has 1 aromatic carbocycles. The lowest BCUT2D eigenvalue weighted by Gasteiger charge is -2.24. The number of pyridine rings is 1. The van der Waals surface area contributed by atoms with Crippen LogP contribution in [0, 0.1) is 0 Å². The number of aryl methyl sites for hydroxylation is 2. The molecule has 0 saturated carbocycles. The second-order valence-corrected chi connectivity index (χ2v) is 8.47. The van der Waals surface area contributed by atoms with Gasteiger partial charge in [-0.15, -0.1) is 0 Å². The molecule has 0 bridgehead atoms. The highest BCUT2D eigenvalue weighted by Gasteiger charge is 2.34. The first-order chi connectivity index (χ1) is 15.5. The molecule has 2 heterocycles. The maximum absolute atomic E-state index is 12.8. The molecular formula is C24H25Cl2FN4O. The molecule has 0 saturated heterocycles. The van der Waals surface area contributed by atoms with Crippen LogP contribution in [0.2, 0.25) is 10.0 Å². The van der Waals surface area contributed by atoms with Crippen LogP contribution in [0.25, 0.3) is 11.4 Å². The van der Waals surface area contributed by atoms with E-state index < -0.39 is 6.67 Å². The summed E-state index contributed by atoms with van der Waals surface area (Å²) in [6.45, 7) is 3.61. The highest BCUT2D eigenvalue weighted by atomic mass is 35.5. The van der Waals surface area contributed by atoms with Crippen molar-refractivity contribution in [3.8, 4) is 11.4 Å². The van der Waals surface area contributed by atoms with Gasteiger partial charge in [0.2, 0.25) is 0 Å². The van der Waals surface area contributed by atoms with E-state index in [4.69, 9.17) is 37.9 Å². The third kappa shape index (κ3) is 4.58. The van der Waals surface area contributed by atoms with Crippen LogP contribution in [0.1, 0.15) is 42.4 Å². The normalized spacial score (nSPS) is 17.4. The van der Waals surface area contributed by atoms with E-state index in [0.29, 0.717) is 40.1 Å². The van der Waals surface area contributed by atoms with E-state index in [1.165, 1.54) is 5.56 Å². The molecule has 2 aromatic heterocycles. The SMILES string of the molecule is CCc1nc(-c2ncc(Cl)cc2Cl)c(CC)nc1NC1c2ccccc2CC1OCCF. The van der Waals surface area contributed by atoms with Gasteiger partial charge in [-0.3, -0.25) is 4.98 Å². The van der Waals surface area contributed by atoms with Crippen molar-refractivity contribution >= 4 is 29.0 Å². The molecule has 8 heteroatoms. The number of ether oxygens (including phenoxy) is 1. The molecule has 5 nitrogen and oxygen atoms in total. The second-order valence-electron chi connectivity index (χ2n) is 7.63. The van der Waals surface area contributed by atoms with Gasteiger partial charge in [0.05, 0.1) is 40.2 Å². The maximum atomic E-state index is 12.8. The van der Waals surface area contributed by atoms with Gasteiger partial charge in [0, 0.05) is 12.6 Å². The van der Waals surface area contributed by atoms with E-state index >= 15 is 0 Å². The van der Waals surface area contributed by atoms with Crippen molar-refractivity contribution in [2.45, 2.75) is 45.3 Å². The first-order valence-corrected chi connectivity index (χ1v) is 11.5. The lowest BCUT2D eigenvalue weighted by molar-refractivity contribution is 0.0393. The van der Waals surface area contributed by atoms with Gasteiger partial charge in [-0.1, -0.05) is 61.3 Å². The van der Waals surface area contributed by atoms with Crippen LogP contribution >= 0.6 is 23.2 Å². The molecule has 3 aromatic rings. The Bertz CT molecular complexity index is 1110. The zero-order valence-electron chi connectivity index (χ0n) is 18.0. The van der Waals surface area contributed by atoms with E-state index in [1.54, 1.807) is 12.3 Å². The van der Waals surface area contributed by atoms with Crippen molar-refractivity contribution in [3.05, 3.63) is 69.1 Å². The Morgan fingerprint density at radius 3 is 2.59 bits per heavy atom. The van der Waals surface area contributed by atoms with Crippen LogP contribution in [0.3, 0.4) is 0 Å². The Balaban J connectivity index is 1.73. The summed E-state index contributed by atoms with van der Waals surface area (Å²) in [5.74, 6) is 0.703. The summed E-state index contributed by atoms with van der Waals surface area (Å²) in [5.41, 5.74) is 5.16. The largest absolute Gasteiger partial charge is 0.373 e. The maximum Gasteiger partial charge on any atom is 0.148 e. The summed E-state index contributed by atoms with van der Waals surface area (Å²) in [5, 5.41) is 4.47. The molecule has 0 fully saturated rings. The third-order valence-corrected chi connectivity index (χ3v) is 6.12. The topological polar surface area (TPSA) is 59.9 Å². The number of alkyl halides is 1. The average Bonchev–Trinajstić information content (AvgIpc) is 3.15. The van der Waals surface area contributed by atoms with Crippen LogP contribution in [0.4, 0.5) is 10.2 Å². The molecule has 1 aliphatic carbocycles. The molecule has 1 aliphatic rings. The first kappa shape index (κ1) is 22.9. The molecule has 0 radical (unpaired) electrons. The van der Waals surface area contributed by atoms with E-state index in [1.807, 2.05) is 26.0 Å². The number of hydrogen-bond acceptors (Lipinski definition) is 5. The number of nitrogens with one attached hydrogen (secondary N) is 1. The standard InChI is InChI=1S/C24H25Cl2FN4O/c1-3-18-23(22-17(26)12-15(25)13-28-22)29-19(4-2)24(30-18)31-21-16-8-6-5-7-14(16)11-20(21)32-10-9-27/h5-8,12-13,20-21H,3-4,9-11H2,1-2H3,(H,30,31). The van der Waals surface area contributed by atoms with Crippen molar-refractivity contribution in [3.63, 3.8) is 0 Å². The molecule has 1 N–H and O–H groups in total.